The van der Waals surface area contributed by atoms with Gasteiger partial charge in [0.2, 0.25) is 0 Å². The molecule has 3 heterocycles. The largest absolute Gasteiger partial charge is 0.494 e. The second kappa shape index (κ2) is 10.0. The minimum atomic E-state index is 0.625. The van der Waals surface area contributed by atoms with Crippen LogP contribution in [-0.4, -0.2) is 25.8 Å². The Morgan fingerprint density at radius 2 is 1.73 bits per heavy atom. The maximum Gasteiger partial charge on any atom is 0.162 e. The average molecular weight is 527 g/mol. The second-order valence-corrected chi connectivity index (χ2v) is 10.00. The SMILES string of the molecule is CCOc1ccc(NC(=S)c2c(-c3ccc(Cl)cc3)c3c4n(c(-c5ccccc5)nn24)CCCC3)cc1. The summed E-state index contributed by atoms with van der Waals surface area (Å²) in [4.78, 5) is 0.625. The van der Waals surface area contributed by atoms with Crippen molar-refractivity contribution < 1.29 is 4.74 Å². The Balaban J connectivity index is 1.54. The van der Waals surface area contributed by atoms with Gasteiger partial charge in [-0.2, -0.15) is 0 Å². The summed E-state index contributed by atoms with van der Waals surface area (Å²) in [6, 6.07) is 26.3. The Bertz CT molecular complexity index is 1570. The van der Waals surface area contributed by atoms with Crippen molar-refractivity contribution >= 4 is 40.1 Å². The summed E-state index contributed by atoms with van der Waals surface area (Å²) in [6.07, 6.45) is 3.17. The van der Waals surface area contributed by atoms with E-state index in [-0.39, 0.29) is 0 Å². The van der Waals surface area contributed by atoms with Crippen molar-refractivity contribution in [2.24, 2.45) is 0 Å². The van der Waals surface area contributed by atoms with Crippen LogP contribution < -0.4 is 10.1 Å². The highest BCUT2D eigenvalue weighted by Gasteiger charge is 2.29. The summed E-state index contributed by atoms with van der Waals surface area (Å²) in [6.45, 7) is 3.53. The number of rotatable bonds is 6. The van der Waals surface area contributed by atoms with Crippen LogP contribution in [-0.2, 0) is 13.0 Å². The van der Waals surface area contributed by atoms with Crippen molar-refractivity contribution in [3.8, 4) is 28.3 Å². The van der Waals surface area contributed by atoms with Crippen LogP contribution >= 0.6 is 23.8 Å². The third-order valence-electron chi connectivity index (χ3n) is 6.79. The molecule has 0 spiro atoms. The molecule has 0 amide bonds. The number of nitrogens with zero attached hydrogens (tertiary/aromatic N) is 3. The number of ether oxygens (including phenoxy) is 1. The van der Waals surface area contributed by atoms with Crippen LogP contribution in [0.25, 0.3) is 28.2 Å². The first-order valence-electron chi connectivity index (χ1n) is 12.6. The molecule has 0 fully saturated rings. The van der Waals surface area contributed by atoms with Crippen LogP contribution in [0.3, 0.4) is 0 Å². The van der Waals surface area contributed by atoms with E-state index < -0.39 is 0 Å². The van der Waals surface area contributed by atoms with E-state index in [1.807, 2.05) is 49.4 Å². The zero-order chi connectivity index (χ0) is 25.4. The molecule has 2 aromatic heterocycles. The highest BCUT2D eigenvalue weighted by Crippen LogP contribution is 2.39. The number of aryl methyl sites for hydroxylation is 2. The fourth-order valence-corrected chi connectivity index (χ4v) is 5.60. The second-order valence-electron chi connectivity index (χ2n) is 9.15. The topological polar surface area (TPSA) is 43.5 Å². The van der Waals surface area contributed by atoms with E-state index in [0.29, 0.717) is 16.6 Å². The molecule has 0 saturated heterocycles. The average Bonchev–Trinajstić information content (AvgIpc) is 3.34. The molecule has 3 aromatic carbocycles. The Morgan fingerprint density at radius 1 is 0.973 bits per heavy atom. The van der Waals surface area contributed by atoms with E-state index in [2.05, 4.69) is 50.8 Å². The van der Waals surface area contributed by atoms with Gasteiger partial charge in [-0.3, -0.25) is 0 Å². The monoisotopic (exact) mass is 526 g/mol. The Hall–Kier alpha value is -3.61. The molecule has 1 aliphatic heterocycles. The van der Waals surface area contributed by atoms with Crippen LogP contribution in [0.5, 0.6) is 5.75 Å². The lowest BCUT2D eigenvalue weighted by atomic mass is 9.98. The van der Waals surface area contributed by atoms with Gasteiger partial charge in [0.15, 0.2) is 5.82 Å². The number of hydrogen-bond acceptors (Lipinski definition) is 3. The molecular weight excluding hydrogens is 500 g/mol. The zero-order valence-electron chi connectivity index (χ0n) is 20.6. The first-order valence-corrected chi connectivity index (χ1v) is 13.4. The van der Waals surface area contributed by atoms with Crippen molar-refractivity contribution in [1.82, 2.24) is 14.2 Å². The van der Waals surface area contributed by atoms with E-state index in [0.717, 1.165) is 71.1 Å². The normalized spacial score (nSPS) is 12.9. The van der Waals surface area contributed by atoms with Crippen molar-refractivity contribution in [1.29, 1.82) is 0 Å². The summed E-state index contributed by atoms with van der Waals surface area (Å²) in [5.74, 6) is 1.80. The Labute approximate surface area is 226 Å². The van der Waals surface area contributed by atoms with Crippen molar-refractivity contribution in [2.45, 2.75) is 32.7 Å². The molecule has 5 aromatic rings. The maximum atomic E-state index is 6.26. The number of hydrogen-bond donors (Lipinski definition) is 1. The van der Waals surface area contributed by atoms with Gasteiger partial charge < -0.3 is 14.6 Å². The van der Waals surface area contributed by atoms with Crippen LogP contribution in [0.2, 0.25) is 5.02 Å². The van der Waals surface area contributed by atoms with Gasteiger partial charge in [-0.05, 0) is 68.1 Å². The predicted molar refractivity (Wildman–Crippen MR) is 155 cm³/mol. The molecule has 6 rings (SSSR count). The standard InChI is InChI=1S/C30H27ClN4OS/c1-2-36-24-17-15-23(16-18-24)32-29(37)27-26(20-11-13-22(31)14-12-20)25-10-6-7-19-34-28(33-35(27)30(25)34)21-8-4-3-5-9-21/h3-5,8-9,11-18H,2,6-7,10,19H2,1H3,(H,32,37). The van der Waals surface area contributed by atoms with Crippen molar-refractivity contribution in [2.75, 3.05) is 11.9 Å². The highest BCUT2D eigenvalue weighted by atomic mass is 35.5. The minimum Gasteiger partial charge on any atom is -0.494 e. The Kier molecular flexibility index (Phi) is 6.45. The number of nitrogens with one attached hydrogen (secondary N) is 1. The highest BCUT2D eigenvalue weighted by molar-refractivity contribution is 7.81. The van der Waals surface area contributed by atoms with Gasteiger partial charge in [-0.25, -0.2) is 4.52 Å². The number of aromatic nitrogens is 3. The molecule has 1 N–H and O–H groups in total. The molecule has 0 unspecified atom stereocenters. The predicted octanol–water partition coefficient (Wildman–Crippen LogP) is 7.65. The summed E-state index contributed by atoms with van der Waals surface area (Å²) >= 11 is 12.3. The minimum absolute atomic E-state index is 0.625. The first-order chi connectivity index (χ1) is 18.1. The molecule has 0 bridgehead atoms. The summed E-state index contributed by atoms with van der Waals surface area (Å²) in [5.41, 5.74) is 7.51. The lowest BCUT2D eigenvalue weighted by Gasteiger charge is -2.12. The van der Waals surface area contributed by atoms with E-state index in [1.165, 1.54) is 5.56 Å². The zero-order valence-corrected chi connectivity index (χ0v) is 22.1. The number of anilines is 1. The molecule has 0 aliphatic carbocycles. The lowest BCUT2D eigenvalue weighted by Crippen LogP contribution is -2.15. The van der Waals surface area contributed by atoms with Crippen LogP contribution in [0.1, 0.15) is 31.0 Å². The Morgan fingerprint density at radius 3 is 2.46 bits per heavy atom. The van der Waals surface area contributed by atoms with Crippen LogP contribution in [0.15, 0.2) is 78.9 Å². The van der Waals surface area contributed by atoms with E-state index >= 15 is 0 Å². The van der Waals surface area contributed by atoms with Gasteiger partial charge in [0.25, 0.3) is 0 Å². The fraction of sp³-hybridized carbons (Fsp3) is 0.200. The van der Waals surface area contributed by atoms with Gasteiger partial charge in [-0.1, -0.05) is 66.3 Å². The molecule has 0 saturated carbocycles. The third-order valence-corrected chi connectivity index (χ3v) is 7.34. The van der Waals surface area contributed by atoms with Gasteiger partial charge >= 0.3 is 0 Å². The molecule has 0 radical (unpaired) electrons. The van der Waals surface area contributed by atoms with Crippen LogP contribution in [0.4, 0.5) is 5.69 Å². The summed E-state index contributed by atoms with van der Waals surface area (Å²) in [7, 11) is 0. The lowest BCUT2D eigenvalue weighted by molar-refractivity contribution is 0.340. The maximum absolute atomic E-state index is 6.26. The van der Waals surface area contributed by atoms with Crippen molar-refractivity contribution in [3.05, 3.63) is 95.1 Å². The molecule has 1 aliphatic rings. The summed E-state index contributed by atoms with van der Waals surface area (Å²) < 4.78 is 10.0. The molecule has 0 atom stereocenters. The van der Waals surface area contributed by atoms with Gasteiger partial charge in [0.1, 0.15) is 22.1 Å². The van der Waals surface area contributed by atoms with Gasteiger partial charge in [0.05, 0.1) is 6.61 Å². The number of halogens is 1. The van der Waals surface area contributed by atoms with Gasteiger partial charge in [0, 0.05) is 33.9 Å². The number of benzene rings is 3. The van der Waals surface area contributed by atoms with E-state index in [1.54, 1.807) is 0 Å². The summed E-state index contributed by atoms with van der Waals surface area (Å²) in [5, 5.41) is 9.34. The quantitative estimate of drug-likeness (QED) is 0.231. The van der Waals surface area contributed by atoms with Crippen LogP contribution in [0, 0.1) is 0 Å². The molecule has 37 heavy (non-hydrogen) atoms. The molecule has 7 heteroatoms. The third kappa shape index (κ3) is 4.41. The van der Waals surface area contributed by atoms with E-state index in [9.17, 15) is 0 Å². The first kappa shape index (κ1) is 23.8. The van der Waals surface area contributed by atoms with Gasteiger partial charge in [-0.15, -0.1) is 5.10 Å². The molecule has 5 nitrogen and oxygen atoms in total. The van der Waals surface area contributed by atoms with Crippen molar-refractivity contribution in [3.63, 3.8) is 0 Å². The number of thiocarbonyl (C=S) groups is 1. The van der Waals surface area contributed by atoms with E-state index in [4.69, 9.17) is 33.7 Å². The molecule has 186 valence electrons. The molecular formula is C30H27ClN4OS. The smallest absolute Gasteiger partial charge is 0.162 e. The fourth-order valence-electron chi connectivity index (χ4n) is 5.17.